The summed E-state index contributed by atoms with van der Waals surface area (Å²) in [6.07, 6.45) is 6.83. The molecule has 1 saturated carbocycles. The molecule has 1 aliphatic rings. The summed E-state index contributed by atoms with van der Waals surface area (Å²) in [5.41, 5.74) is 1.17. The monoisotopic (exact) mass is 302 g/mol. The van der Waals surface area contributed by atoms with Gasteiger partial charge in [0.25, 0.3) is 0 Å². The number of hydrogen-bond acceptors (Lipinski definition) is 2. The van der Waals surface area contributed by atoms with Crippen LogP contribution < -0.4 is 10.6 Å². The molecule has 0 spiro atoms. The smallest absolute Gasteiger partial charge is 0.223 e. The normalized spacial score (nSPS) is 15.3. The van der Waals surface area contributed by atoms with Crippen LogP contribution in [-0.2, 0) is 16.0 Å². The van der Waals surface area contributed by atoms with Crippen molar-refractivity contribution in [1.29, 1.82) is 0 Å². The first-order chi connectivity index (χ1) is 10.8. The van der Waals surface area contributed by atoms with Crippen molar-refractivity contribution >= 4 is 11.8 Å². The summed E-state index contributed by atoms with van der Waals surface area (Å²) in [5.74, 6) is 0.372. The second-order valence-corrected chi connectivity index (χ2v) is 5.96. The molecular formula is C18H26N2O2. The molecule has 0 unspecified atom stereocenters. The standard InChI is InChI=1S/C18H26N2O2/c21-17(12-11-15-7-3-1-4-8-15)19-13-14-20-18(22)16-9-5-2-6-10-16/h1,3-4,7-8,16H,2,5-6,9-14H2,(H,19,21)(H,20,22). The van der Waals surface area contributed by atoms with E-state index < -0.39 is 0 Å². The molecule has 1 aromatic carbocycles. The van der Waals surface area contributed by atoms with Gasteiger partial charge in [-0.2, -0.15) is 0 Å². The van der Waals surface area contributed by atoms with Crippen molar-refractivity contribution in [2.24, 2.45) is 5.92 Å². The van der Waals surface area contributed by atoms with Crippen molar-refractivity contribution < 1.29 is 9.59 Å². The van der Waals surface area contributed by atoms with Crippen molar-refractivity contribution in [1.82, 2.24) is 10.6 Å². The third-order valence-electron chi connectivity index (χ3n) is 4.21. The highest BCUT2D eigenvalue weighted by molar-refractivity contribution is 5.79. The maximum atomic E-state index is 11.9. The molecule has 2 N–H and O–H groups in total. The lowest BCUT2D eigenvalue weighted by Crippen LogP contribution is -2.38. The van der Waals surface area contributed by atoms with Crippen LogP contribution >= 0.6 is 0 Å². The molecule has 0 radical (unpaired) electrons. The molecule has 0 aliphatic heterocycles. The van der Waals surface area contributed by atoms with E-state index in [2.05, 4.69) is 10.6 Å². The maximum Gasteiger partial charge on any atom is 0.223 e. The SMILES string of the molecule is O=C(CCc1ccccc1)NCCNC(=O)C1CCCCC1. The van der Waals surface area contributed by atoms with Crippen LogP contribution in [0.5, 0.6) is 0 Å². The summed E-state index contributed by atoms with van der Waals surface area (Å²) in [4.78, 5) is 23.7. The summed E-state index contributed by atoms with van der Waals surface area (Å²) < 4.78 is 0. The van der Waals surface area contributed by atoms with Gasteiger partial charge in [0.15, 0.2) is 0 Å². The van der Waals surface area contributed by atoms with E-state index in [0.717, 1.165) is 32.1 Å². The van der Waals surface area contributed by atoms with Gasteiger partial charge in [-0.3, -0.25) is 9.59 Å². The summed E-state index contributed by atoms with van der Waals surface area (Å²) in [6.45, 7) is 1.03. The maximum absolute atomic E-state index is 11.9. The van der Waals surface area contributed by atoms with Crippen molar-refractivity contribution in [2.45, 2.75) is 44.9 Å². The van der Waals surface area contributed by atoms with E-state index >= 15 is 0 Å². The van der Waals surface area contributed by atoms with E-state index in [-0.39, 0.29) is 17.7 Å². The largest absolute Gasteiger partial charge is 0.354 e. The van der Waals surface area contributed by atoms with Gasteiger partial charge in [0.05, 0.1) is 0 Å². The zero-order valence-corrected chi connectivity index (χ0v) is 13.1. The number of carbonyl (C=O) groups is 2. The van der Waals surface area contributed by atoms with Gasteiger partial charge < -0.3 is 10.6 Å². The van der Waals surface area contributed by atoms with Crippen LogP contribution in [0.3, 0.4) is 0 Å². The van der Waals surface area contributed by atoms with Crippen molar-refractivity contribution in [3.05, 3.63) is 35.9 Å². The second kappa shape index (κ2) is 9.23. The lowest BCUT2D eigenvalue weighted by atomic mass is 9.89. The number of nitrogens with one attached hydrogen (secondary N) is 2. The van der Waals surface area contributed by atoms with Crippen LogP contribution in [0, 0.1) is 5.92 Å². The second-order valence-electron chi connectivity index (χ2n) is 5.96. The lowest BCUT2D eigenvalue weighted by molar-refractivity contribution is -0.126. The van der Waals surface area contributed by atoms with E-state index in [1.807, 2.05) is 30.3 Å². The Morgan fingerprint density at radius 2 is 1.64 bits per heavy atom. The molecular weight excluding hydrogens is 276 g/mol. The molecule has 2 amide bonds. The minimum absolute atomic E-state index is 0.0377. The van der Waals surface area contributed by atoms with Gasteiger partial charge in [0.2, 0.25) is 11.8 Å². The Morgan fingerprint density at radius 1 is 0.955 bits per heavy atom. The fourth-order valence-corrected chi connectivity index (χ4v) is 2.89. The molecule has 0 bridgehead atoms. The molecule has 0 aromatic heterocycles. The Labute approximate surface area is 132 Å². The lowest BCUT2D eigenvalue weighted by Gasteiger charge is -2.20. The highest BCUT2D eigenvalue weighted by atomic mass is 16.2. The Kier molecular flexibility index (Phi) is 6.94. The summed E-state index contributed by atoms with van der Waals surface area (Å²) in [5, 5.41) is 5.79. The topological polar surface area (TPSA) is 58.2 Å². The molecule has 1 aromatic rings. The summed E-state index contributed by atoms with van der Waals surface area (Å²) >= 11 is 0. The molecule has 120 valence electrons. The van der Waals surface area contributed by atoms with E-state index in [0.29, 0.717) is 19.5 Å². The number of aryl methyl sites for hydroxylation is 1. The van der Waals surface area contributed by atoms with Crippen LogP contribution in [0.25, 0.3) is 0 Å². The quantitative estimate of drug-likeness (QED) is 0.760. The van der Waals surface area contributed by atoms with E-state index in [4.69, 9.17) is 0 Å². The Morgan fingerprint density at radius 3 is 2.36 bits per heavy atom. The van der Waals surface area contributed by atoms with Gasteiger partial charge in [-0.25, -0.2) is 0 Å². The highest BCUT2D eigenvalue weighted by Crippen LogP contribution is 2.23. The molecule has 4 nitrogen and oxygen atoms in total. The molecule has 0 heterocycles. The van der Waals surface area contributed by atoms with Gasteiger partial charge in [-0.05, 0) is 24.8 Å². The van der Waals surface area contributed by atoms with Gasteiger partial charge in [0.1, 0.15) is 0 Å². The minimum Gasteiger partial charge on any atom is -0.354 e. The molecule has 4 heteroatoms. The third-order valence-corrected chi connectivity index (χ3v) is 4.21. The molecule has 22 heavy (non-hydrogen) atoms. The predicted molar refractivity (Wildman–Crippen MR) is 87.4 cm³/mol. The fraction of sp³-hybridized carbons (Fsp3) is 0.556. The van der Waals surface area contributed by atoms with Crippen molar-refractivity contribution in [3.8, 4) is 0 Å². The highest BCUT2D eigenvalue weighted by Gasteiger charge is 2.20. The van der Waals surface area contributed by atoms with Crippen LogP contribution in [0.15, 0.2) is 30.3 Å². The number of hydrogen-bond donors (Lipinski definition) is 2. The van der Waals surface area contributed by atoms with E-state index in [1.165, 1.54) is 12.0 Å². The number of carbonyl (C=O) groups excluding carboxylic acids is 2. The Bertz CT molecular complexity index is 467. The Balaban J connectivity index is 1.54. The number of rotatable bonds is 7. The molecule has 2 rings (SSSR count). The van der Waals surface area contributed by atoms with Crippen molar-refractivity contribution in [3.63, 3.8) is 0 Å². The van der Waals surface area contributed by atoms with Crippen LogP contribution in [0.1, 0.15) is 44.1 Å². The summed E-state index contributed by atoms with van der Waals surface area (Å²) in [7, 11) is 0. The zero-order valence-electron chi connectivity index (χ0n) is 13.1. The average molecular weight is 302 g/mol. The first kappa shape index (κ1) is 16.5. The summed E-state index contributed by atoms with van der Waals surface area (Å²) in [6, 6.07) is 9.98. The zero-order chi connectivity index (χ0) is 15.6. The fourth-order valence-electron chi connectivity index (χ4n) is 2.89. The molecule has 1 aliphatic carbocycles. The first-order valence-electron chi connectivity index (χ1n) is 8.34. The minimum atomic E-state index is 0.0377. The van der Waals surface area contributed by atoms with Gasteiger partial charge >= 0.3 is 0 Å². The van der Waals surface area contributed by atoms with Crippen LogP contribution in [-0.4, -0.2) is 24.9 Å². The predicted octanol–water partition coefficient (Wildman–Crippen LogP) is 2.43. The van der Waals surface area contributed by atoms with Crippen LogP contribution in [0.2, 0.25) is 0 Å². The van der Waals surface area contributed by atoms with Gasteiger partial charge in [-0.1, -0.05) is 49.6 Å². The Hall–Kier alpha value is -1.84. The number of amides is 2. The third kappa shape index (κ3) is 5.88. The first-order valence-corrected chi connectivity index (χ1v) is 8.34. The van der Waals surface area contributed by atoms with Crippen molar-refractivity contribution in [2.75, 3.05) is 13.1 Å². The number of benzene rings is 1. The molecule has 0 saturated heterocycles. The molecule has 0 atom stereocenters. The van der Waals surface area contributed by atoms with E-state index in [1.54, 1.807) is 0 Å². The van der Waals surface area contributed by atoms with Gasteiger partial charge in [-0.15, -0.1) is 0 Å². The van der Waals surface area contributed by atoms with Gasteiger partial charge in [0, 0.05) is 25.4 Å². The average Bonchev–Trinajstić information content (AvgIpc) is 2.58. The van der Waals surface area contributed by atoms with E-state index in [9.17, 15) is 9.59 Å². The molecule has 1 fully saturated rings. The van der Waals surface area contributed by atoms with Crippen LogP contribution in [0.4, 0.5) is 0 Å².